The van der Waals surface area contributed by atoms with Crippen molar-refractivity contribution in [3.63, 3.8) is 0 Å². The van der Waals surface area contributed by atoms with Crippen LogP contribution in [-0.2, 0) is 129 Å². The molecule has 0 aromatic heterocycles. The molecule has 1 N–H and O–H groups in total. The van der Waals surface area contributed by atoms with Gasteiger partial charge in [-0.15, -0.1) is 0 Å². The highest BCUT2D eigenvalue weighted by molar-refractivity contribution is 7.87. The van der Waals surface area contributed by atoms with Gasteiger partial charge in [0.25, 0.3) is 10.1 Å². The number of aliphatic hydroxyl groups is 1. The predicted octanol–water partition coefficient (Wildman–Crippen LogP) is 13.3. The van der Waals surface area contributed by atoms with E-state index in [-0.39, 0.29) is 114 Å². The molecule has 12 atom stereocenters. The summed E-state index contributed by atoms with van der Waals surface area (Å²) in [4.78, 5) is 140. The number of carbonyl (C=O) groups excluding carboxylic acids is 12. The normalized spacial score (nSPS) is 39.0. The van der Waals surface area contributed by atoms with E-state index in [1.165, 1.54) is 97.8 Å². The van der Waals surface area contributed by atoms with Gasteiger partial charge < -0.3 is 61.9 Å². The van der Waals surface area contributed by atoms with Crippen LogP contribution in [0.4, 0.5) is 0 Å². The summed E-state index contributed by atoms with van der Waals surface area (Å²) in [5, 5.41) is 10.0. The molecular formula is C97H134O28S. The zero-order valence-electron chi connectivity index (χ0n) is 75.4. The van der Waals surface area contributed by atoms with Crippen LogP contribution in [0.5, 0.6) is 0 Å². The lowest BCUT2D eigenvalue weighted by atomic mass is 9.47. The first-order valence-corrected chi connectivity index (χ1v) is 47.7. The highest BCUT2D eigenvalue weighted by Gasteiger charge is 2.68. The third kappa shape index (κ3) is 20.6. The zero-order chi connectivity index (χ0) is 91.4. The van der Waals surface area contributed by atoms with E-state index in [1.807, 2.05) is 6.92 Å². The molecule has 20 aliphatic carbocycles. The largest absolute Gasteiger partial charge is 0.462 e. The third-order valence-electron chi connectivity index (χ3n) is 31.9. The molecule has 0 amide bonds. The number of hydrogen-bond donors (Lipinski definition) is 1. The van der Waals surface area contributed by atoms with Crippen molar-refractivity contribution in [1.29, 1.82) is 0 Å². The van der Waals surface area contributed by atoms with Gasteiger partial charge in [0.05, 0.1) is 29.6 Å². The molecule has 22 fully saturated rings. The van der Waals surface area contributed by atoms with E-state index in [4.69, 9.17) is 56.3 Å². The Morgan fingerprint density at radius 3 is 1.33 bits per heavy atom. The number of rotatable bonds is 26. The molecule has 22 rings (SSSR count). The molecule has 0 radical (unpaired) electrons. The van der Waals surface area contributed by atoms with E-state index in [0.717, 1.165) is 106 Å². The van der Waals surface area contributed by atoms with E-state index in [1.54, 1.807) is 20.8 Å². The SMILES string of the molecule is C=C(C)C(=O)OC1(C(C)C)C2CC3CC(C2)CC1C3.C=C(C)C(=O)OC1(CC)C2CC3CC(C2)CC1C3.C=C(C)C(=O)OC12CC3CC(CC(O)(C3)C1)C2.C=C(C)C(=O)OCC(=O)OC1C2CC3C(=O)OC1C3C2.C=C(C)C(=O)OCC(=O)OCC(=O)OC1(C)C2CC3CC(C2)CC1C3.C=C(C)C(=O)OCCOC(=O)CCC(=O)OC1C2CC3C1OS(=O)(=O)C3C2. The molecule has 20 bridgehead atoms. The Balaban J connectivity index is 0.000000130. The van der Waals surface area contributed by atoms with Gasteiger partial charge in [0.1, 0.15) is 60.0 Å². The molecule has 28 nitrogen and oxygen atoms in total. The fourth-order valence-corrected chi connectivity index (χ4v) is 29.3. The van der Waals surface area contributed by atoms with E-state index in [0.29, 0.717) is 89.2 Å². The van der Waals surface area contributed by atoms with Crippen LogP contribution in [0.2, 0.25) is 0 Å². The topological polar surface area (TPSA) is 379 Å². The summed E-state index contributed by atoms with van der Waals surface area (Å²) in [7, 11) is -3.56. The Kier molecular flexibility index (Phi) is 28.9. The van der Waals surface area contributed by atoms with Gasteiger partial charge in [0.15, 0.2) is 19.8 Å². The van der Waals surface area contributed by atoms with Crippen molar-refractivity contribution >= 4 is 81.7 Å². The lowest BCUT2D eigenvalue weighted by molar-refractivity contribution is -0.221. The smallest absolute Gasteiger partial charge is 0.344 e. The molecular weight excluding hydrogens is 1650 g/mol. The summed E-state index contributed by atoms with van der Waals surface area (Å²) in [5.74, 6) is 4.34. The van der Waals surface area contributed by atoms with Gasteiger partial charge in [-0.25, -0.2) is 43.2 Å². The maximum atomic E-state index is 12.2. The van der Waals surface area contributed by atoms with E-state index < -0.39 is 118 Å². The number of hydrogen-bond acceptors (Lipinski definition) is 28. The summed E-state index contributed by atoms with van der Waals surface area (Å²) in [6.45, 7) is 38.1. The van der Waals surface area contributed by atoms with Gasteiger partial charge >= 0.3 is 71.6 Å². The summed E-state index contributed by atoms with van der Waals surface area (Å²) in [5.41, 5.74) is 0.422. The molecule has 0 spiro atoms. The quantitative estimate of drug-likeness (QED) is 0.0276. The van der Waals surface area contributed by atoms with Crippen LogP contribution < -0.4 is 0 Å². The molecule has 2 saturated heterocycles. The number of esters is 12. The highest BCUT2D eigenvalue weighted by atomic mass is 32.2. The van der Waals surface area contributed by atoms with E-state index in [9.17, 15) is 71.1 Å². The Hall–Kier alpha value is -8.05. The summed E-state index contributed by atoms with van der Waals surface area (Å²) in [6, 6.07) is 0. The average molecular weight is 1780 g/mol. The van der Waals surface area contributed by atoms with Crippen molar-refractivity contribution in [2.45, 2.75) is 307 Å². The summed E-state index contributed by atoms with van der Waals surface area (Å²) >= 11 is 0. The second-order valence-corrected chi connectivity index (χ2v) is 43.4. The van der Waals surface area contributed by atoms with Crippen LogP contribution in [-0.4, -0.2) is 176 Å². The summed E-state index contributed by atoms with van der Waals surface area (Å²) in [6.07, 6.45) is 25.9. The molecule has 0 aromatic carbocycles. The predicted molar refractivity (Wildman–Crippen MR) is 453 cm³/mol. The number of ether oxygens (including phenoxy) is 12. The lowest BCUT2D eigenvalue weighted by Crippen LogP contribution is -2.62. The standard InChI is InChI=1S/C19H26O6.C17H22O9S.C17H26O2.C16H24O2.C14H16O6.C14H20O3/c1-11(2)18(22)24-9-16(20)23-10-17(21)25-19(3)14-5-12-4-13(7-14)8-15(19)6-12;1-9(2)17(20)24-6-5-23-13(18)3-4-14(19)25-15-10-7-11-12(8-10)27(21,22)26-16(11)15;1-10(2)16(18)19-17(11(3)4)14-6-12-5-13(8-14)9-15(17)7-12;1-4-16(18-15(17)10(2)3)13-6-11-5-12(8-13)9-14(16)7-11;1-6(2)13(16)18-5-10(15)19-11-7-3-8-9(4-7)14(17)20-12(8)11;1-9(2)12(15)17-14-6-10-3-11(7-14)5-13(16,4-10)8-14/h12-15H,1,4-10H2,2-3H3;10-12,15-16H,1,3-8H2,2H3;11-15H,1,5-9H2,2-4H3;11-14H,2,4-9H2,1,3H3;7-9,11-12H,1,3-5H2,2H3;10-11,16H,1,3-8H2,2H3. The minimum absolute atomic E-state index is 0.0128. The fourth-order valence-electron chi connectivity index (χ4n) is 27.4. The molecule has 2 aliphatic heterocycles. The van der Waals surface area contributed by atoms with Gasteiger partial charge in [-0.05, 0) is 298 Å². The van der Waals surface area contributed by atoms with Gasteiger partial charge in [-0.2, -0.15) is 8.42 Å². The zero-order valence-corrected chi connectivity index (χ0v) is 76.2. The van der Waals surface area contributed by atoms with Crippen molar-refractivity contribution < 1.29 is 132 Å². The Bertz CT molecular complexity index is 4330. The third-order valence-corrected chi connectivity index (χ3v) is 33.7. The summed E-state index contributed by atoms with van der Waals surface area (Å²) < 4.78 is 92.3. The fraction of sp³-hybridized carbons (Fsp3) is 0.753. The monoisotopic (exact) mass is 1780 g/mol. The molecule has 2 heterocycles. The van der Waals surface area contributed by atoms with Crippen LogP contribution in [0.1, 0.15) is 249 Å². The first-order valence-electron chi connectivity index (χ1n) is 46.2. The number of fused-ring (bicyclic) bond motifs is 2. The molecule has 126 heavy (non-hydrogen) atoms. The minimum atomic E-state index is -3.56. The molecule has 20 saturated carbocycles. The van der Waals surface area contributed by atoms with Crippen molar-refractivity contribution in [2.24, 2.45) is 118 Å². The van der Waals surface area contributed by atoms with Gasteiger partial charge in [-0.1, -0.05) is 60.2 Å². The van der Waals surface area contributed by atoms with Crippen LogP contribution >= 0.6 is 0 Å². The lowest BCUT2D eigenvalue weighted by Gasteiger charge is -2.61. The van der Waals surface area contributed by atoms with Crippen LogP contribution in [0.3, 0.4) is 0 Å². The first kappa shape index (κ1) is 95.5. The highest BCUT2D eigenvalue weighted by Crippen LogP contribution is 2.65. The molecule has 29 heteroatoms. The van der Waals surface area contributed by atoms with Crippen LogP contribution in [0, 0.1) is 118 Å². The van der Waals surface area contributed by atoms with Gasteiger partial charge in [0, 0.05) is 63.5 Å². The Labute approximate surface area is 741 Å². The minimum Gasteiger partial charge on any atom is -0.462 e. The second kappa shape index (κ2) is 38.2. The van der Waals surface area contributed by atoms with E-state index in [2.05, 4.69) is 65.0 Å². The van der Waals surface area contributed by atoms with Gasteiger partial charge in [-0.3, -0.25) is 18.6 Å². The second-order valence-electron chi connectivity index (χ2n) is 41.6. The Morgan fingerprint density at radius 1 is 0.429 bits per heavy atom. The molecule has 696 valence electrons. The maximum absolute atomic E-state index is 12.2. The molecule has 12 unspecified atom stereocenters. The van der Waals surface area contributed by atoms with Crippen LogP contribution in [0.15, 0.2) is 72.9 Å². The maximum Gasteiger partial charge on any atom is 0.344 e. The van der Waals surface area contributed by atoms with Gasteiger partial charge in [0.2, 0.25) is 0 Å². The van der Waals surface area contributed by atoms with Crippen molar-refractivity contribution in [2.75, 3.05) is 33.0 Å². The van der Waals surface area contributed by atoms with Crippen molar-refractivity contribution in [1.82, 2.24) is 0 Å². The molecule has 0 aromatic rings. The van der Waals surface area contributed by atoms with Crippen molar-refractivity contribution in [3.05, 3.63) is 72.9 Å². The molecule has 22 aliphatic rings. The van der Waals surface area contributed by atoms with Crippen molar-refractivity contribution in [3.8, 4) is 0 Å². The average Bonchev–Trinajstić information content (AvgIpc) is 1.44. The van der Waals surface area contributed by atoms with E-state index >= 15 is 0 Å². The Morgan fingerprint density at radius 2 is 0.841 bits per heavy atom. The van der Waals surface area contributed by atoms with Crippen LogP contribution in [0.25, 0.3) is 0 Å². The number of carbonyl (C=O) groups is 12. The first-order chi connectivity index (χ1) is 59.3.